The molecule has 22 heavy (non-hydrogen) atoms. The highest BCUT2D eigenvalue weighted by atomic mass is 19.1. The zero-order chi connectivity index (χ0) is 15.7. The van der Waals surface area contributed by atoms with Crippen molar-refractivity contribution >= 4 is 29.1 Å². The summed E-state index contributed by atoms with van der Waals surface area (Å²) in [6.45, 7) is 0. The molecule has 1 aromatic heterocycles. The van der Waals surface area contributed by atoms with Crippen molar-refractivity contribution in [1.29, 1.82) is 0 Å². The van der Waals surface area contributed by atoms with Crippen LogP contribution in [0.3, 0.4) is 0 Å². The van der Waals surface area contributed by atoms with Crippen LogP contribution in [-0.2, 0) is 0 Å². The van der Waals surface area contributed by atoms with Gasteiger partial charge in [-0.3, -0.25) is 0 Å². The van der Waals surface area contributed by atoms with Crippen LogP contribution in [0.2, 0.25) is 0 Å². The minimum absolute atomic E-state index is 0.252. The summed E-state index contributed by atoms with van der Waals surface area (Å²) in [6, 6.07) is 10.1. The topological polar surface area (TPSA) is 60.9 Å². The zero-order valence-corrected chi connectivity index (χ0v) is 11.3. The van der Waals surface area contributed by atoms with Crippen molar-refractivity contribution < 1.29 is 13.6 Å². The van der Waals surface area contributed by atoms with Gasteiger partial charge in [0, 0.05) is 17.5 Å². The van der Waals surface area contributed by atoms with E-state index in [1.54, 1.807) is 24.3 Å². The maximum absolute atomic E-state index is 13.3. The molecule has 0 aliphatic rings. The first kappa shape index (κ1) is 13.9. The number of fused-ring (bicyclic) bond motifs is 1. The monoisotopic (exact) mass is 298 g/mol. The van der Waals surface area contributed by atoms with Gasteiger partial charge in [-0.05, 0) is 29.8 Å². The lowest BCUT2D eigenvalue weighted by molar-refractivity contribution is 0.248. The number of primary amides is 1. The molecule has 0 atom stereocenters. The summed E-state index contributed by atoms with van der Waals surface area (Å²) in [7, 11) is 0. The molecule has 1 heterocycles. The molecule has 2 N–H and O–H groups in total. The number of carbonyl (C=O) groups is 1. The van der Waals surface area contributed by atoms with Gasteiger partial charge in [-0.2, -0.15) is 9.78 Å². The van der Waals surface area contributed by atoms with E-state index in [0.29, 0.717) is 16.6 Å². The minimum atomic E-state index is -0.819. The Morgan fingerprint density at radius 1 is 1.27 bits per heavy atom. The van der Waals surface area contributed by atoms with Crippen LogP contribution >= 0.6 is 0 Å². The first-order chi connectivity index (χ1) is 10.5. The molecule has 6 heteroatoms. The Kier molecular flexibility index (Phi) is 3.42. The SMILES string of the molecule is NC(=O)n1nc(C=Cc2cccc(F)c2)c2c[c]c(F)cc21. The fourth-order valence-electron chi connectivity index (χ4n) is 2.13. The van der Waals surface area contributed by atoms with Crippen molar-refractivity contribution in [3.8, 4) is 0 Å². The van der Waals surface area contributed by atoms with Crippen molar-refractivity contribution in [2.45, 2.75) is 0 Å². The molecule has 0 spiro atoms. The van der Waals surface area contributed by atoms with Gasteiger partial charge in [0.1, 0.15) is 11.6 Å². The normalized spacial score (nSPS) is 11.4. The molecule has 4 nitrogen and oxygen atoms in total. The summed E-state index contributed by atoms with van der Waals surface area (Å²) in [5.41, 5.74) is 6.52. The van der Waals surface area contributed by atoms with Gasteiger partial charge in [-0.25, -0.2) is 13.6 Å². The van der Waals surface area contributed by atoms with Crippen molar-refractivity contribution in [2.24, 2.45) is 5.73 Å². The fraction of sp³-hybridized carbons (Fsp3) is 0. The average Bonchev–Trinajstić information content (AvgIpc) is 2.83. The van der Waals surface area contributed by atoms with Gasteiger partial charge in [-0.15, -0.1) is 0 Å². The zero-order valence-electron chi connectivity index (χ0n) is 11.3. The molecule has 3 aromatic rings. The van der Waals surface area contributed by atoms with Gasteiger partial charge in [0.25, 0.3) is 0 Å². The molecule has 109 valence electrons. The van der Waals surface area contributed by atoms with E-state index in [0.717, 1.165) is 10.7 Å². The second-order valence-electron chi connectivity index (χ2n) is 4.60. The molecule has 0 fully saturated rings. The first-order valence-corrected chi connectivity index (χ1v) is 6.38. The third kappa shape index (κ3) is 2.58. The number of amides is 1. The van der Waals surface area contributed by atoms with Crippen molar-refractivity contribution in [3.63, 3.8) is 0 Å². The van der Waals surface area contributed by atoms with Crippen LogP contribution in [0.5, 0.6) is 0 Å². The molecule has 1 radical (unpaired) electrons. The number of hydrogen-bond acceptors (Lipinski definition) is 2. The van der Waals surface area contributed by atoms with E-state index in [-0.39, 0.29) is 11.3 Å². The Morgan fingerprint density at radius 2 is 2.09 bits per heavy atom. The number of benzene rings is 2. The van der Waals surface area contributed by atoms with Crippen LogP contribution in [-0.4, -0.2) is 15.8 Å². The molecular weight excluding hydrogens is 288 g/mol. The Labute approximate surface area is 124 Å². The molecule has 0 saturated carbocycles. The lowest BCUT2D eigenvalue weighted by Crippen LogP contribution is -2.20. The Morgan fingerprint density at radius 3 is 2.82 bits per heavy atom. The van der Waals surface area contributed by atoms with E-state index in [1.807, 2.05) is 0 Å². The molecule has 3 rings (SSSR count). The largest absolute Gasteiger partial charge is 0.350 e. The average molecular weight is 298 g/mol. The summed E-state index contributed by atoms with van der Waals surface area (Å²) in [4.78, 5) is 11.4. The van der Waals surface area contributed by atoms with Crippen LogP contribution in [0.4, 0.5) is 13.6 Å². The van der Waals surface area contributed by atoms with Gasteiger partial charge in [-0.1, -0.05) is 18.2 Å². The lowest BCUT2D eigenvalue weighted by Gasteiger charge is -1.95. The maximum Gasteiger partial charge on any atom is 0.340 e. The summed E-state index contributed by atoms with van der Waals surface area (Å²) >= 11 is 0. The number of nitrogens with two attached hydrogens (primary N) is 1. The minimum Gasteiger partial charge on any atom is -0.350 e. The predicted molar refractivity (Wildman–Crippen MR) is 78.8 cm³/mol. The van der Waals surface area contributed by atoms with Crippen LogP contribution in [0, 0.1) is 17.7 Å². The number of aromatic nitrogens is 2. The van der Waals surface area contributed by atoms with E-state index in [4.69, 9.17) is 5.73 Å². The lowest BCUT2D eigenvalue weighted by atomic mass is 10.1. The second-order valence-corrected chi connectivity index (χ2v) is 4.60. The van der Waals surface area contributed by atoms with Gasteiger partial charge in [0.2, 0.25) is 0 Å². The second kappa shape index (κ2) is 5.40. The third-order valence-electron chi connectivity index (χ3n) is 3.10. The van der Waals surface area contributed by atoms with Gasteiger partial charge >= 0.3 is 6.03 Å². The van der Waals surface area contributed by atoms with Crippen LogP contribution < -0.4 is 5.73 Å². The van der Waals surface area contributed by atoms with E-state index < -0.39 is 11.8 Å². The number of carbonyl (C=O) groups excluding carboxylic acids is 1. The van der Waals surface area contributed by atoms with E-state index in [2.05, 4.69) is 11.2 Å². The van der Waals surface area contributed by atoms with Gasteiger partial charge in [0.15, 0.2) is 0 Å². The molecule has 2 aromatic carbocycles. The smallest absolute Gasteiger partial charge is 0.340 e. The van der Waals surface area contributed by atoms with Crippen molar-refractivity contribution in [3.05, 3.63) is 65.4 Å². The van der Waals surface area contributed by atoms with E-state index in [9.17, 15) is 13.6 Å². The predicted octanol–water partition coefficient (Wildman–Crippen LogP) is 3.21. The molecule has 0 aliphatic heterocycles. The summed E-state index contributed by atoms with van der Waals surface area (Å²) in [5, 5.41) is 4.56. The number of nitrogens with zero attached hydrogens (tertiary/aromatic N) is 2. The van der Waals surface area contributed by atoms with E-state index in [1.165, 1.54) is 18.2 Å². The molecule has 0 saturated heterocycles. The van der Waals surface area contributed by atoms with Gasteiger partial charge in [0.05, 0.1) is 11.2 Å². The number of rotatable bonds is 2. The Balaban J connectivity index is 2.09. The molecule has 1 amide bonds. The number of halogens is 2. The molecule has 0 bridgehead atoms. The van der Waals surface area contributed by atoms with Crippen LogP contribution in [0.25, 0.3) is 23.1 Å². The third-order valence-corrected chi connectivity index (χ3v) is 3.10. The standard InChI is InChI=1S/C16H10F2N3O/c17-11-3-1-2-10(8-11)4-7-14-13-6-5-12(18)9-15(13)21(20-14)16(19)22/h1-4,6-9H,(H2,19,22). The molecular formula is C16H10F2N3O. The first-order valence-electron chi connectivity index (χ1n) is 6.38. The van der Waals surface area contributed by atoms with Crippen LogP contribution in [0.15, 0.2) is 36.4 Å². The van der Waals surface area contributed by atoms with E-state index >= 15 is 0 Å². The summed E-state index contributed by atoms with van der Waals surface area (Å²) in [6.07, 6.45) is 3.24. The van der Waals surface area contributed by atoms with Crippen LogP contribution in [0.1, 0.15) is 11.3 Å². The summed E-state index contributed by atoms with van der Waals surface area (Å²) < 4.78 is 27.3. The van der Waals surface area contributed by atoms with Crippen molar-refractivity contribution in [1.82, 2.24) is 9.78 Å². The number of hydrogen-bond donors (Lipinski definition) is 1. The summed E-state index contributed by atoms with van der Waals surface area (Å²) in [5.74, 6) is -0.972. The maximum atomic E-state index is 13.3. The Hall–Kier alpha value is -3.02. The Bertz CT molecular complexity index is 900. The quantitative estimate of drug-likeness (QED) is 0.789. The highest BCUT2D eigenvalue weighted by Crippen LogP contribution is 2.21. The highest BCUT2D eigenvalue weighted by Gasteiger charge is 2.12. The highest BCUT2D eigenvalue weighted by molar-refractivity contribution is 5.95. The van der Waals surface area contributed by atoms with Crippen molar-refractivity contribution in [2.75, 3.05) is 0 Å². The fourth-order valence-corrected chi connectivity index (χ4v) is 2.13. The molecule has 0 aliphatic carbocycles. The van der Waals surface area contributed by atoms with Gasteiger partial charge < -0.3 is 5.73 Å². The molecule has 0 unspecified atom stereocenters.